The second kappa shape index (κ2) is 6.76. The molecule has 2 unspecified atom stereocenters. The van der Waals surface area contributed by atoms with Gasteiger partial charge in [-0.15, -0.1) is 0 Å². The predicted octanol–water partition coefficient (Wildman–Crippen LogP) is 3.90. The quantitative estimate of drug-likeness (QED) is 0.887. The standard InChI is InChI=1S/C14H19Cl2NO/c1-2-14-11(5-6-18-14)9-17-8-10-3-4-12(15)7-13(10)16/h3-4,7,11,14,17H,2,5-6,8-9H2,1H3. The van der Waals surface area contributed by atoms with E-state index < -0.39 is 0 Å². The number of hydrogen-bond donors (Lipinski definition) is 1. The van der Waals surface area contributed by atoms with Gasteiger partial charge in [0.15, 0.2) is 0 Å². The molecule has 1 N–H and O–H groups in total. The molecule has 1 heterocycles. The summed E-state index contributed by atoms with van der Waals surface area (Å²) in [6.07, 6.45) is 2.66. The Labute approximate surface area is 119 Å². The Bertz CT molecular complexity index is 397. The first-order valence-electron chi connectivity index (χ1n) is 6.47. The van der Waals surface area contributed by atoms with E-state index in [-0.39, 0.29) is 0 Å². The van der Waals surface area contributed by atoms with Gasteiger partial charge < -0.3 is 10.1 Å². The van der Waals surface area contributed by atoms with Crippen molar-refractivity contribution in [2.75, 3.05) is 13.2 Å². The molecule has 0 spiro atoms. The average Bonchev–Trinajstić information content (AvgIpc) is 2.79. The van der Waals surface area contributed by atoms with E-state index in [2.05, 4.69) is 12.2 Å². The van der Waals surface area contributed by atoms with Crippen LogP contribution in [-0.4, -0.2) is 19.3 Å². The van der Waals surface area contributed by atoms with Gasteiger partial charge in [-0.05, 0) is 36.5 Å². The average molecular weight is 288 g/mol. The molecule has 0 aromatic heterocycles. The molecule has 100 valence electrons. The smallest absolute Gasteiger partial charge is 0.0613 e. The third kappa shape index (κ3) is 3.61. The molecule has 2 nitrogen and oxygen atoms in total. The fourth-order valence-electron chi connectivity index (χ4n) is 2.43. The second-order valence-electron chi connectivity index (χ2n) is 4.73. The predicted molar refractivity (Wildman–Crippen MR) is 76.3 cm³/mol. The molecule has 4 heteroatoms. The van der Waals surface area contributed by atoms with Crippen molar-refractivity contribution in [3.05, 3.63) is 33.8 Å². The van der Waals surface area contributed by atoms with Crippen LogP contribution in [-0.2, 0) is 11.3 Å². The summed E-state index contributed by atoms with van der Waals surface area (Å²) in [5, 5.41) is 4.87. The highest BCUT2D eigenvalue weighted by Crippen LogP contribution is 2.23. The van der Waals surface area contributed by atoms with Crippen molar-refractivity contribution in [1.82, 2.24) is 5.32 Å². The van der Waals surface area contributed by atoms with E-state index in [0.717, 1.165) is 43.1 Å². The third-order valence-electron chi connectivity index (χ3n) is 3.49. The zero-order valence-electron chi connectivity index (χ0n) is 10.6. The van der Waals surface area contributed by atoms with Crippen LogP contribution in [0, 0.1) is 5.92 Å². The normalized spacial score (nSPS) is 23.5. The third-order valence-corrected chi connectivity index (χ3v) is 4.07. The minimum atomic E-state index is 0.415. The first kappa shape index (κ1) is 14.1. The number of nitrogens with one attached hydrogen (secondary N) is 1. The molecule has 0 aliphatic carbocycles. The van der Waals surface area contributed by atoms with Gasteiger partial charge in [0.2, 0.25) is 0 Å². The molecule has 1 aliphatic rings. The molecule has 1 aliphatic heterocycles. The maximum atomic E-state index is 6.13. The lowest BCUT2D eigenvalue weighted by molar-refractivity contribution is 0.0872. The van der Waals surface area contributed by atoms with Crippen LogP contribution in [0.1, 0.15) is 25.3 Å². The molecule has 1 fully saturated rings. The molecule has 0 amide bonds. The van der Waals surface area contributed by atoms with Crippen LogP contribution in [0.3, 0.4) is 0 Å². The lowest BCUT2D eigenvalue weighted by Gasteiger charge is -2.17. The van der Waals surface area contributed by atoms with Gasteiger partial charge in [-0.25, -0.2) is 0 Å². The summed E-state index contributed by atoms with van der Waals surface area (Å²) < 4.78 is 5.67. The molecule has 18 heavy (non-hydrogen) atoms. The first-order valence-corrected chi connectivity index (χ1v) is 7.22. The Morgan fingerprint density at radius 1 is 1.39 bits per heavy atom. The van der Waals surface area contributed by atoms with Crippen molar-refractivity contribution < 1.29 is 4.74 Å². The molecule has 2 rings (SSSR count). The number of hydrogen-bond acceptors (Lipinski definition) is 2. The minimum Gasteiger partial charge on any atom is -0.378 e. The lowest BCUT2D eigenvalue weighted by atomic mass is 9.99. The summed E-state index contributed by atoms with van der Waals surface area (Å²) in [4.78, 5) is 0. The fourth-order valence-corrected chi connectivity index (χ4v) is 2.91. The largest absolute Gasteiger partial charge is 0.378 e. The zero-order chi connectivity index (χ0) is 13.0. The zero-order valence-corrected chi connectivity index (χ0v) is 12.1. The molecule has 0 bridgehead atoms. The van der Waals surface area contributed by atoms with E-state index in [1.165, 1.54) is 0 Å². The Balaban J connectivity index is 1.81. The molecule has 1 saturated heterocycles. The number of benzene rings is 1. The van der Waals surface area contributed by atoms with Crippen molar-refractivity contribution in [2.45, 2.75) is 32.4 Å². The van der Waals surface area contributed by atoms with E-state index in [4.69, 9.17) is 27.9 Å². The van der Waals surface area contributed by atoms with Gasteiger partial charge in [0, 0.05) is 29.7 Å². The van der Waals surface area contributed by atoms with Crippen LogP contribution in [0.25, 0.3) is 0 Å². The van der Waals surface area contributed by atoms with Crippen LogP contribution in [0.2, 0.25) is 10.0 Å². The monoisotopic (exact) mass is 287 g/mol. The van der Waals surface area contributed by atoms with E-state index >= 15 is 0 Å². The van der Waals surface area contributed by atoms with Gasteiger partial charge in [-0.2, -0.15) is 0 Å². The van der Waals surface area contributed by atoms with E-state index in [1.807, 2.05) is 12.1 Å². The van der Waals surface area contributed by atoms with Crippen molar-refractivity contribution in [3.63, 3.8) is 0 Å². The summed E-state index contributed by atoms with van der Waals surface area (Å²) in [6, 6.07) is 5.63. The van der Waals surface area contributed by atoms with E-state index in [0.29, 0.717) is 17.0 Å². The Morgan fingerprint density at radius 2 is 2.22 bits per heavy atom. The van der Waals surface area contributed by atoms with Crippen molar-refractivity contribution >= 4 is 23.2 Å². The summed E-state index contributed by atoms with van der Waals surface area (Å²) >= 11 is 12.0. The second-order valence-corrected chi connectivity index (χ2v) is 5.58. The number of ether oxygens (including phenoxy) is 1. The summed E-state index contributed by atoms with van der Waals surface area (Å²) in [5.41, 5.74) is 1.09. The molecular weight excluding hydrogens is 269 g/mol. The molecule has 1 aromatic rings. The molecular formula is C14H19Cl2NO. The molecule has 0 radical (unpaired) electrons. The van der Waals surface area contributed by atoms with Crippen LogP contribution in [0.5, 0.6) is 0 Å². The van der Waals surface area contributed by atoms with Crippen LogP contribution >= 0.6 is 23.2 Å². The number of rotatable bonds is 5. The Morgan fingerprint density at radius 3 is 2.94 bits per heavy atom. The van der Waals surface area contributed by atoms with Crippen molar-refractivity contribution in [1.29, 1.82) is 0 Å². The highest BCUT2D eigenvalue weighted by Gasteiger charge is 2.25. The van der Waals surface area contributed by atoms with Crippen molar-refractivity contribution in [2.24, 2.45) is 5.92 Å². The van der Waals surface area contributed by atoms with Crippen LogP contribution < -0.4 is 5.32 Å². The van der Waals surface area contributed by atoms with Gasteiger partial charge in [-0.3, -0.25) is 0 Å². The highest BCUT2D eigenvalue weighted by molar-refractivity contribution is 6.35. The first-order chi connectivity index (χ1) is 8.70. The Kier molecular flexibility index (Phi) is 5.31. The molecule has 2 atom stereocenters. The summed E-state index contributed by atoms with van der Waals surface area (Å²) in [6.45, 7) is 4.84. The summed E-state index contributed by atoms with van der Waals surface area (Å²) in [7, 11) is 0. The van der Waals surface area contributed by atoms with E-state index in [9.17, 15) is 0 Å². The maximum absolute atomic E-state index is 6.13. The fraction of sp³-hybridized carbons (Fsp3) is 0.571. The number of halogens is 2. The maximum Gasteiger partial charge on any atom is 0.0613 e. The SMILES string of the molecule is CCC1OCCC1CNCc1ccc(Cl)cc1Cl. The lowest BCUT2D eigenvalue weighted by Crippen LogP contribution is -2.28. The Hall–Kier alpha value is -0.280. The molecule has 0 saturated carbocycles. The topological polar surface area (TPSA) is 21.3 Å². The van der Waals surface area contributed by atoms with Gasteiger partial charge in [0.25, 0.3) is 0 Å². The molecule has 1 aromatic carbocycles. The highest BCUT2D eigenvalue weighted by atomic mass is 35.5. The van der Waals surface area contributed by atoms with Gasteiger partial charge in [-0.1, -0.05) is 36.2 Å². The van der Waals surface area contributed by atoms with Gasteiger partial charge in [0.1, 0.15) is 0 Å². The van der Waals surface area contributed by atoms with Gasteiger partial charge in [0.05, 0.1) is 6.10 Å². The van der Waals surface area contributed by atoms with Crippen LogP contribution in [0.15, 0.2) is 18.2 Å². The van der Waals surface area contributed by atoms with Crippen molar-refractivity contribution in [3.8, 4) is 0 Å². The van der Waals surface area contributed by atoms with Gasteiger partial charge >= 0.3 is 0 Å². The summed E-state index contributed by atoms with van der Waals surface area (Å²) in [5.74, 6) is 0.626. The van der Waals surface area contributed by atoms with Crippen LogP contribution in [0.4, 0.5) is 0 Å². The minimum absolute atomic E-state index is 0.415. The van der Waals surface area contributed by atoms with E-state index in [1.54, 1.807) is 6.07 Å².